The zero-order valence-corrected chi connectivity index (χ0v) is 8.36. The number of hydrogen-bond donors (Lipinski definition) is 1. The predicted octanol–water partition coefficient (Wildman–Crippen LogP) is 1.69. The zero-order valence-electron chi connectivity index (χ0n) is 8.36. The van der Waals surface area contributed by atoms with Crippen LogP contribution in [0.3, 0.4) is 0 Å². The lowest BCUT2D eigenvalue weighted by Crippen LogP contribution is -2.13. The van der Waals surface area contributed by atoms with Gasteiger partial charge >= 0.3 is 0 Å². The van der Waals surface area contributed by atoms with Gasteiger partial charge in [-0.25, -0.2) is 0 Å². The van der Waals surface area contributed by atoms with Crippen LogP contribution in [0.2, 0.25) is 0 Å². The second kappa shape index (κ2) is 4.00. The van der Waals surface area contributed by atoms with Crippen molar-refractivity contribution in [2.24, 2.45) is 0 Å². The molecule has 3 nitrogen and oxygen atoms in total. The number of methoxy groups -OCH3 is 1. The van der Waals surface area contributed by atoms with E-state index in [0.717, 1.165) is 5.56 Å². The topological polar surface area (TPSA) is 38.3 Å². The van der Waals surface area contributed by atoms with Gasteiger partial charge in [0.1, 0.15) is 5.76 Å². The van der Waals surface area contributed by atoms with Crippen LogP contribution in [0.1, 0.15) is 5.56 Å². The minimum atomic E-state index is -0.144. The lowest BCUT2D eigenvalue weighted by atomic mass is 10.2. The smallest absolute Gasteiger partial charge is 0.252 e. The van der Waals surface area contributed by atoms with Gasteiger partial charge in [-0.05, 0) is 11.6 Å². The second-order valence-corrected chi connectivity index (χ2v) is 3.17. The highest BCUT2D eigenvalue weighted by Gasteiger charge is 2.17. The van der Waals surface area contributed by atoms with Crippen LogP contribution in [-0.4, -0.2) is 13.0 Å². The molecule has 3 heteroatoms. The first-order valence-corrected chi connectivity index (χ1v) is 4.63. The molecule has 0 radical (unpaired) electrons. The molecule has 1 N–H and O–H groups in total. The van der Waals surface area contributed by atoms with Crippen molar-refractivity contribution >= 4 is 12.0 Å². The van der Waals surface area contributed by atoms with E-state index in [1.807, 2.05) is 36.4 Å². The van der Waals surface area contributed by atoms with Crippen LogP contribution >= 0.6 is 0 Å². The lowest BCUT2D eigenvalue weighted by Gasteiger charge is -2.03. The van der Waals surface area contributed by atoms with Gasteiger partial charge in [0.15, 0.2) is 0 Å². The molecule has 76 valence electrons. The Morgan fingerprint density at radius 1 is 1.27 bits per heavy atom. The fourth-order valence-corrected chi connectivity index (χ4v) is 1.42. The predicted molar refractivity (Wildman–Crippen MR) is 57.7 cm³/mol. The molecule has 1 aliphatic rings. The quantitative estimate of drug-likeness (QED) is 0.790. The van der Waals surface area contributed by atoms with Gasteiger partial charge in [0.25, 0.3) is 5.91 Å². The number of amides is 1. The molecule has 1 aromatic carbocycles. The summed E-state index contributed by atoms with van der Waals surface area (Å²) in [5, 5.41) is 2.71. The molecule has 0 saturated carbocycles. The summed E-state index contributed by atoms with van der Waals surface area (Å²) < 4.78 is 5.08. The largest absolute Gasteiger partial charge is 0.494 e. The van der Waals surface area contributed by atoms with Gasteiger partial charge in [0, 0.05) is 6.08 Å². The minimum absolute atomic E-state index is 0.144. The van der Waals surface area contributed by atoms with Gasteiger partial charge in [0.05, 0.1) is 12.8 Å². The molecule has 2 rings (SSSR count). The van der Waals surface area contributed by atoms with E-state index in [-0.39, 0.29) is 5.91 Å². The van der Waals surface area contributed by atoms with Crippen LogP contribution in [0.25, 0.3) is 6.08 Å². The Balaban J connectivity index is 2.29. The highest BCUT2D eigenvalue weighted by atomic mass is 16.5. The van der Waals surface area contributed by atoms with Crippen LogP contribution in [0.4, 0.5) is 0 Å². The number of hydrogen-bond acceptors (Lipinski definition) is 2. The summed E-state index contributed by atoms with van der Waals surface area (Å²) in [6, 6.07) is 9.76. The molecule has 0 aliphatic carbocycles. The number of rotatable bonds is 2. The van der Waals surface area contributed by atoms with Crippen molar-refractivity contribution in [3.63, 3.8) is 0 Å². The number of nitrogens with one attached hydrogen (secondary N) is 1. The molecule has 15 heavy (non-hydrogen) atoms. The van der Waals surface area contributed by atoms with E-state index in [4.69, 9.17) is 4.74 Å². The first-order chi connectivity index (χ1) is 7.29. The van der Waals surface area contributed by atoms with Crippen molar-refractivity contribution in [3.8, 4) is 0 Å². The van der Waals surface area contributed by atoms with Crippen molar-refractivity contribution in [2.75, 3.05) is 7.11 Å². The van der Waals surface area contributed by atoms with E-state index in [2.05, 4.69) is 5.32 Å². The highest BCUT2D eigenvalue weighted by Crippen LogP contribution is 2.17. The Morgan fingerprint density at radius 3 is 2.67 bits per heavy atom. The maximum atomic E-state index is 11.1. The Kier molecular flexibility index (Phi) is 2.54. The third kappa shape index (κ3) is 2.07. The number of carbonyl (C=O) groups is 1. The fourth-order valence-electron chi connectivity index (χ4n) is 1.42. The van der Waals surface area contributed by atoms with E-state index in [0.29, 0.717) is 11.5 Å². The van der Waals surface area contributed by atoms with Gasteiger partial charge in [-0.3, -0.25) is 4.79 Å². The summed E-state index contributed by atoms with van der Waals surface area (Å²) in [6.07, 6.45) is 3.31. The summed E-state index contributed by atoms with van der Waals surface area (Å²) in [4.78, 5) is 11.1. The van der Waals surface area contributed by atoms with Gasteiger partial charge in [-0.2, -0.15) is 0 Å². The molecule has 1 aromatic rings. The zero-order chi connectivity index (χ0) is 10.7. The summed E-state index contributed by atoms with van der Waals surface area (Å²) in [7, 11) is 1.55. The molecule has 0 fully saturated rings. The SMILES string of the molecule is COC1=CC(=O)N/C1=C\c1ccccc1. The van der Waals surface area contributed by atoms with Crippen molar-refractivity contribution in [1.82, 2.24) is 5.32 Å². The summed E-state index contributed by atoms with van der Waals surface area (Å²) in [5.41, 5.74) is 1.73. The van der Waals surface area contributed by atoms with Gasteiger partial charge in [-0.1, -0.05) is 30.3 Å². The van der Waals surface area contributed by atoms with Crippen LogP contribution in [0.15, 0.2) is 47.9 Å². The van der Waals surface area contributed by atoms with Gasteiger partial charge < -0.3 is 10.1 Å². The van der Waals surface area contributed by atoms with Crippen LogP contribution in [0, 0.1) is 0 Å². The monoisotopic (exact) mass is 201 g/mol. The average molecular weight is 201 g/mol. The molecule has 0 bridgehead atoms. The molecule has 1 aliphatic heterocycles. The Bertz CT molecular complexity index is 432. The molecule has 1 heterocycles. The van der Waals surface area contributed by atoms with E-state index in [1.165, 1.54) is 6.08 Å². The van der Waals surface area contributed by atoms with E-state index in [1.54, 1.807) is 7.11 Å². The average Bonchev–Trinajstić information content (AvgIpc) is 2.60. The molecular formula is C12H11NO2. The van der Waals surface area contributed by atoms with Crippen molar-refractivity contribution in [1.29, 1.82) is 0 Å². The normalized spacial score (nSPS) is 17.5. The molecule has 1 amide bonds. The maximum Gasteiger partial charge on any atom is 0.252 e. The highest BCUT2D eigenvalue weighted by molar-refractivity contribution is 5.95. The standard InChI is InChI=1S/C12H11NO2/c1-15-11-8-12(14)13-10(11)7-9-5-3-2-4-6-9/h2-8H,1H3,(H,13,14)/b10-7-. The van der Waals surface area contributed by atoms with E-state index in [9.17, 15) is 4.79 Å². The number of ether oxygens (including phenoxy) is 1. The Morgan fingerprint density at radius 2 is 2.00 bits per heavy atom. The Labute approximate surface area is 88.1 Å². The maximum absolute atomic E-state index is 11.1. The third-order valence-corrected chi connectivity index (χ3v) is 2.12. The fraction of sp³-hybridized carbons (Fsp3) is 0.0833. The molecule has 0 atom stereocenters. The minimum Gasteiger partial charge on any atom is -0.494 e. The van der Waals surface area contributed by atoms with Crippen LogP contribution in [-0.2, 0) is 9.53 Å². The molecular weight excluding hydrogens is 190 g/mol. The molecule has 0 saturated heterocycles. The van der Waals surface area contributed by atoms with Crippen LogP contribution in [0.5, 0.6) is 0 Å². The van der Waals surface area contributed by atoms with Gasteiger partial charge in [-0.15, -0.1) is 0 Å². The first-order valence-electron chi connectivity index (χ1n) is 4.63. The molecule has 0 unspecified atom stereocenters. The third-order valence-electron chi connectivity index (χ3n) is 2.12. The van der Waals surface area contributed by atoms with Crippen molar-refractivity contribution in [3.05, 3.63) is 53.4 Å². The van der Waals surface area contributed by atoms with Crippen molar-refractivity contribution in [2.45, 2.75) is 0 Å². The first kappa shape index (κ1) is 9.52. The molecule has 0 spiro atoms. The lowest BCUT2D eigenvalue weighted by molar-refractivity contribution is -0.115. The van der Waals surface area contributed by atoms with Crippen molar-refractivity contribution < 1.29 is 9.53 Å². The second-order valence-electron chi connectivity index (χ2n) is 3.17. The van der Waals surface area contributed by atoms with Gasteiger partial charge in [0.2, 0.25) is 0 Å². The van der Waals surface area contributed by atoms with E-state index < -0.39 is 0 Å². The number of benzene rings is 1. The number of carbonyl (C=O) groups excluding carboxylic acids is 1. The molecule has 0 aromatic heterocycles. The summed E-state index contributed by atoms with van der Waals surface area (Å²) in [6.45, 7) is 0. The summed E-state index contributed by atoms with van der Waals surface area (Å²) in [5.74, 6) is 0.429. The summed E-state index contributed by atoms with van der Waals surface area (Å²) >= 11 is 0. The van der Waals surface area contributed by atoms with Crippen LogP contribution < -0.4 is 5.32 Å². The Hall–Kier alpha value is -2.03. The van der Waals surface area contributed by atoms with E-state index >= 15 is 0 Å².